The Hall–Kier alpha value is -1.59. The zero-order chi connectivity index (χ0) is 14.9. The van der Waals surface area contributed by atoms with Gasteiger partial charge in [0.25, 0.3) is 0 Å². The van der Waals surface area contributed by atoms with E-state index in [1.165, 1.54) is 32.1 Å². The first-order chi connectivity index (χ1) is 10.3. The maximum Gasteiger partial charge on any atom is 0.323 e. The van der Waals surface area contributed by atoms with Gasteiger partial charge in [-0.3, -0.25) is 0 Å². The first kappa shape index (κ1) is 15.8. The highest BCUT2D eigenvalue weighted by molar-refractivity contribution is 5.35. The first-order valence-electron chi connectivity index (χ1n) is 8.18. The topological polar surface area (TPSA) is 72.0 Å². The van der Waals surface area contributed by atoms with Gasteiger partial charge in [-0.15, -0.1) is 0 Å². The van der Waals surface area contributed by atoms with Gasteiger partial charge >= 0.3 is 6.01 Å². The Kier molecular flexibility index (Phi) is 6.50. The number of hydrogen-bond donors (Lipinski definition) is 2. The van der Waals surface area contributed by atoms with Gasteiger partial charge in [-0.25, -0.2) is 0 Å². The van der Waals surface area contributed by atoms with Crippen molar-refractivity contribution in [3.8, 4) is 6.01 Å². The van der Waals surface area contributed by atoms with Crippen LogP contribution in [0.25, 0.3) is 0 Å². The van der Waals surface area contributed by atoms with Gasteiger partial charge in [-0.05, 0) is 32.6 Å². The van der Waals surface area contributed by atoms with Crippen LogP contribution in [0.2, 0.25) is 0 Å². The summed E-state index contributed by atoms with van der Waals surface area (Å²) in [4.78, 5) is 12.8. The van der Waals surface area contributed by atoms with E-state index < -0.39 is 0 Å². The second kappa shape index (κ2) is 8.64. The monoisotopic (exact) mass is 293 g/mol. The Morgan fingerprint density at radius 3 is 2.43 bits per heavy atom. The van der Waals surface area contributed by atoms with Crippen LogP contribution in [0, 0.1) is 5.92 Å². The van der Waals surface area contributed by atoms with Gasteiger partial charge in [0.2, 0.25) is 11.9 Å². The zero-order valence-corrected chi connectivity index (χ0v) is 13.2. The average molecular weight is 293 g/mol. The zero-order valence-electron chi connectivity index (χ0n) is 13.2. The third-order valence-electron chi connectivity index (χ3n) is 3.77. The summed E-state index contributed by atoms with van der Waals surface area (Å²) in [6, 6.07) is 0.377. The number of rotatable bonds is 9. The molecule has 1 aliphatic rings. The molecule has 0 atom stereocenters. The van der Waals surface area contributed by atoms with Crippen LogP contribution < -0.4 is 15.4 Å². The number of anilines is 2. The molecule has 1 fully saturated rings. The maximum absolute atomic E-state index is 5.38. The third-order valence-corrected chi connectivity index (χ3v) is 3.77. The van der Waals surface area contributed by atoms with Crippen LogP contribution in [0.5, 0.6) is 6.01 Å². The SMILES string of the molecule is CCNc1nc(NCCCC2CCCC2)nc(OCC)n1. The molecular formula is C15H27N5O. The van der Waals surface area contributed by atoms with Gasteiger partial charge in [0.1, 0.15) is 0 Å². The Balaban J connectivity index is 1.82. The lowest BCUT2D eigenvalue weighted by Gasteiger charge is -2.11. The molecule has 1 saturated carbocycles. The summed E-state index contributed by atoms with van der Waals surface area (Å²) in [5, 5.41) is 6.38. The van der Waals surface area contributed by atoms with Gasteiger partial charge in [-0.2, -0.15) is 15.0 Å². The Bertz CT molecular complexity index is 396. The lowest BCUT2D eigenvalue weighted by molar-refractivity contribution is 0.312. The molecule has 0 radical (unpaired) electrons. The van der Waals surface area contributed by atoms with Crippen molar-refractivity contribution in [3.05, 3.63) is 0 Å². The van der Waals surface area contributed by atoms with Gasteiger partial charge in [-0.1, -0.05) is 25.7 Å². The smallest absolute Gasteiger partial charge is 0.323 e. The summed E-state index contributed by atoms with van der Waals surface area (Å²) in [5.74, 6) is 2.09. The standard InChI is InChI=1S/C15H27N5O/c1-3-16-13-18-14(20-15(19-13)21-4-2)17-11-7-10-12-8-5-6-9-12/h12H,3-11H2,1-2H3,(H2,16,17,18,19,20). The van der Waals surface area contributed by atoms with Crippen molar-refractivity contribution in [2.75, 3.05) is 30.3 Å². The van der Waals surface area contributed by atoms with Crippen molar-refractivity contribution in [1.82, 2.24) is 15.0 Å². The molecule has 0 aliphatic heterocycles. The molecule has 1 aliphatic carbocycles. The average Bonchev–Trinajstić information content (AvgIpc) is 2.97. The molecule has 0 amide bonds. The normalized spacial score (nSPS) is 15.1. The number of ether oxygens (including phenoxy) is 1. The molecule has 1 aromatic rings. The van der Waals surface area contributed by atoms with Crippen molar-refractivity contribution in [2.45, 2.75) is 52.4 Å². The molecule has 1 heterocycles. The molecule has 1 aromatic heterocycles. The number of hydrogen-bond acceptors (Lipinski definition) is 6. The van der Waals surface area contributed by atoms with E-state index in [2.05, 4.69) is 25.6 Å². The summed E-state index contributed by atoms with van der Waals surface area (Å²) < 4.78 is 5.38. The van der Waals surface area contributed by atoms with Crippen LogP contribution in [0.3, 0.4) is 0 Å². The summed E-state index contributed by atoms with van der Waals surface area (Å²) in [7, 11) is 0. The van der Waals surface area contributed by atoms with E-state index in [0.29, 0.717) is 24.5 Å². The molecule has 6 heteroatoms. The van der Waals surface area contributed by atoms with E-state index in [4.69, 9.17) is 4.74 Å². The molecule has 0 aromatic carbocycles. The van der Waals surface area contributed by atoms with Crippen molar-refractivity contribution in [2.24, 2.45) is 5.92 Å². The Labute approximate surface area is 127 Å². The van der Waals surface area contributed by atoms with Crippen molar-refractivity contribution < 1.29 is 4.74 Å². The lowest BCUT2D eigenvalue weighted by Crippen LogP contribution is -2.12. The van der Waals surface area contributed by atoms with Crippen molar-refractivity contribution in [1.29, 1.82) is 0 Å². The van der Waals surface area contributed by atoms with Gasteiger partial charge in [0, 0.05) is 13.1 Å². The van der Waals surface area contributed by atoms with Crippen molar-refractivity contribution in [3.63, 3.8) is 0 Å². The molecule has 2 rings (SSSR count). The van der Waals surface area contributed by atoms with Crippen LogP contribution >= 0.6 is 0 Å². The largest absolute Gasteiger partial charge is 0.464 e. The van der Waals surface area contributed by atoms with Gasteiger partial charge in [0.15, 0.2) is 0 Å². The molecular weight excluding hydrogens is 266 g/mol. The fourth-order valence-electron chi connectivity index (χ4n) is 2.76. The Morgan fingerprint density at radius 1 is 1.05 bits per heavy atom. The second-order valence-electron chi connectivity index (χ2n) is 5.45. The van der Waals surface area contributed by atoms with Gasteiger partial charge < -0.3 is 15.4 Å². The first-order valence-corrected chi connectivity index (χ1v) is 8.18. The van der Waals surface area contributed by atoms with E-state index >= 15 is 0 Å². The minimum Gasteiger partial charge on any atom is -0.464 e. The van der Waals surface area contributed by atoms with Crippen LogP contribution in [0.4, 0.5) is 11.9 Å². The summed E-state index contributed by atoms with van der Waals surface area (Å²) >= 11 is 0. The van der Waals surface area contributed by atoms with Crippen LogP contribution in [-0.2, 0) is 0 Å². The van der Waals surface area contributed by atoms with Crippen LogP contribution in [-0.4, -0.2) is 34.6 Å². The van der Waals surface area contributed by atoms with E-state index in [-0.39, 0.29) is 0 Å². The van der Waals surface area contributed by atoms with E-state index in [0.717, 1.165) is 25.4 Å². The number of nitrogens with zero attached hydrogens (tertiary/aromatic N) is 3. The fraction of sp³-hybridized carbons (Fsp3) is 0.800. The summed E-state index contributed by atoms with van der Waals surface area (Å²) in [6.45, 7) is 6.16. The summed E-state index contributed by atoms with van der Waals surface area (Å²) in [5.41, 5.74) is 0. The maximum atomic E-state index is 5.38. The molecule has 21 heavy (non-hydrogen) atoms. The Morgan fingerprint density at radius 2 is 1.76 bits per heavy atom. The predicted molar refractivity (Wildman–Crippen MR) is 84.8 cm³/mol. The third kappa shape index (κ3) is 5.36. The highest BCUT2D eigenvalue weighted by Gasteiger charge is 2.14. The highest BCUT2D eigenvalue weighted by Crippen LogP contribution is 2.28. The van der Waals surface area contributed by atoms with Crippen molar-refractivity contribution >= 4 is 11.9 Å². The molecule has 118 valence electrons. The summed E-state index contributed by atoms with van der Waals surface area (Å²) in [6.07, 6.45) is 8.10. The quantitative estimate of drug-likeness (QED) is 0.682. The van der Waals surface area contributed by atoms with E-state index in [9.17, 15) is 0 Å². The minimum absolute atomic E-state index is 0.377. The predicted octanol–water partition coefficient (Wildman–Crippen LogP) is 3.08. The molecule has 0 unspecified atom stereocenters. The van der Waals surface area contributed by atoms with E-state index in [1.807, 2.05) is 13.8 Å². The molecule has 0 saturated heterocycles. The number of aromatic nitrogens is 3. The second-order valence-corrected chi connectivity index (χ2v) is 5.45. The van der Waals surface area contributed by atoms with Gasteiger partial charge in [0.05, 0.1) is 6.61 Å². The lowest BCUT2D eigenvalue weighted by atomic mass is 10.0. The minimum atomic E-state index is 0.377. The van der Waals surface area contributed by atoms with E-state index in [1.54, 1.807) is 0 Å². The molecule has 2 N–H and O–H groups in total. The fourth-order valence-corrected chi connectivity index (χ4v) is 2.76. The molecule has 6 nitrogen and oxygen atoms in total. The molecule has 0 bridgehead atoms. The highest BCUT2D eigenvalue weighted by atomic mass is 16.5. The van der Waals surface area contributed by atoms with Crippen LogP contribution in [0.1, 0.15) is 52.4 Å². The number of nitrogens with one attached hydrogen (secondary N) is 2. The van der Waals surface area contributed by atoms with Crippen LogP contribution in [0.15, 0.2) is 0 Å². The molecule has 0 spiro atoms.